The van der Waals surface area contributed by atoms with Gasteiger partial charge in [0.1, 0.15) is 18.2 Å². The van der Waals surface area contributed by atoms with E-state index >= 15 is 0 Å². The van der Waals surface area contributed by atoms with E-state index in [1.54, 1.807) is 12.1 Å². The van der Waals surface area contributed by atoms with Crippen LogP contribution in [0.15, 0.2) is 95.5 Å². The first-order valence-electron chi connectivity index (χ1n) is 12.3. The van der Waals surface area contributed by atoms with Gasteiger partial charge in [0.25, 0.3) is 0 Å². The Morgan fingerprint density at radius 3 is 2.28 bits per heavy atom. The summed E-state index contributed by atoms with van der Waals surface area (Å²) in [5, 5.41) is 4.63. The van der Waals surface area contributed by atoms with Crippen LogP contribution < -0.4 is 4.57 Å². The summed E-state index contributed by atoms with van der Waals surface area (Å²) in [6.45, 7) is 0.0457. The Balaban J connectivity index is 1.64. The van der Waals surface area contributed by atoms with Crippen LogP contribution in [0.5, 0.6) is 0 Å². The van der Waals surface area contributed by atoms with Gasteiger partial charge in [0.2, 0.25) is 5.69 Å². The molecular formula is C30H24NO+. The van der Waals surface area contributed by atoms with Crippen molar-refractivity contribution in [3.05, 3.63) is 102 Å². The van der Waals surface area contributed by atoms with E-state index in [1.807, 2.05) is 37.5 Å². The van der Waals surface area contributed by atoms with Gasteiger partial charge in [-0.15, -0.1) is 0 Å². The fourth-order valence-electron chi connectivity index (χ4n) is 4.79. The molecule has 0 radical (unpaired) electrons. The minimum atomic E-state index is -2.11. The van der Waals surface area contributed by atoms with Gasteiger partial charge in [-0.1, -0.05) is 72.3 Å². The topological polar surface area (TPSA) is 17.0 Å². The van der Waals surface area contributed by atoms with Crippen molar-refractivity contribution >= 4 is 32.7 Å². The third-order valence-electron chi connectivity index (χ3n) is 6.42. The SMILES string of the molecule is [2H]C([2H])([2H])c1ccc(-c2cc[n+](C)c(-c3c(C)c4ccccc4c4c3oc3ccccc34)c2)cc1. The molecule has 0 N–H and O–H groups in total. The molecule has 0 aliphatic rings. The molecule has 0 fully saturated rings. The number of para-hydroxylation sites is 1. The predicted octanol–water partition coefficient (Wildman–Crippen LogP) is 7.51. The molecule has 0 saturated carbocycles. The summed E-state index contributed by atoms with van der Waals surface area (Å²) >= 11 is 0. The molecule has 6 rings (SSSR count). The lowest BCUT2D eigenvalue weighted by Crippen LogP contribution is -2.30. The van der Waals surface area contributed by atoms with Crippen LogP contribution in [-0.2, 0) is 7.05 Å². The number of hydrogen-bond acceptors (Lipinski definition) is 1. The summed E-state index contributed by atoms with van der Waals surface area (Å²) in [5.41, 5.74) is 7.36. The molecule has 2 heteroatoms. The summed E-state index contributed by atoms with van der Waals surface area (Å²) in [4.78, 5) is 0. The highest BCUT2D eigenvalue weighted by molar-refractivity contribution is 6.23. The van der Waals surface area contributed by atoms with Crippen LogP contribution in [0, 0.1) is 13.8 Å². The van der Waals surface area contributed by atoms with Crippen LogP contribution >= 0.6 is 0 Å². The lowest BCUT2D eigenvalue weighted by molar-refractivity contribution is -0.660. The second-order valence-electron chi connectivity index (χ2n) is 8.34. The van der Waals surface area contributed by atoms with Crippen molar-refractivity contribution in [2.24, 2.45) is 7.05 Å². The number of furan rings is 1. The number of nitrogens with zero attached hydrogens (tertiary/aromatic N) is 1. The molecule has 0 aliphatic heterocycles. The van der Waals surface area contributed by atoms with Gasteiger partial charge in [-0.25, -0.2) is 4.57 Å². The molecule has 0 amide bonds. The Kier molecular flexibility index (Phi) is 3.49. The molecule has 0 saturated heterocycles. The molecule has 0 unspecified atom stereocenters. The summed E-state index contributed by atoms with van der Waals surface area (Å²) in [6.07, 6.45) is 2.05. The van der Waals surface area contributed by atoms with E-state index in [0.29, 0.717) is 5.56 Å². The number of fused-ring (bicyclic) bond motifs is 5. The second-order valence-corrected chi connectivity index (χ2v) is 8.34. The molecule has 2 aromatic heterocycles. The minimum Gasteiger partial charge on any atom is -0.455 e. The van der Waals surface area contributed by atoms with Gasteiger partial charge in [-0.2, -0.15) is 0 Å². The van der Waals surface area contributed by atoms with E-state index in [4.69, 9.17) is 8.53 Å². The molecular weight excluding hydrogens is 390 g/mol. The number of aryl methyl sites for hydroxylation is 3. The van der Waals surface area contributed by atoms with E-state index < -0.39 is 6.85 Å². The third kappa shape index (κ3) is 2.76. The van der Waals surface area contributed by atoms with Crippen molar-refractivity contribution in [3.63, 3.8) is 0 Å². The summed E-state index contributed by atoms with van der Waals surface area (Å²) < 4.78 is 31.6. The van der Waals surface area contributed by atoms with E-state index in [1.165, 1.54) is 10.8 Å². The number of benzene rings is 4. The highest BCUT2D eigenvalue weighted by Gasteiger charge is 2.24. The van der Waals surface area contributed by atoms with Crippen molar-refractivity contribution in [3.8, 4) is 22.4 Å². The van der Waals surface area contributed by atoms with Crippen LogP contribution in [0.2, 0.25) is 0 Å². The average molecular weight is 418 g/mol. The minimum absolute atomic E-state index is 0.345. The lowest BCUT2D eigenvalue weighted by atomic mass is 9.92. The van der Waals surface area contributed by atoms with Crippen molar-refractivity contribution in [2.75, 3.05) is 0 Å². The van der Waals surface area contributed by atoms with Crippen molar-refractivity contribution < 1.29 is 13.1 Å². The predicted molar refractivity (Wildman–Crippen MR) is 133 cm³/mol. The van der Waals surface area contributed by atoms with Crippen LogP contribution in [0.1, 0.15) is 15.2 Å². The molecule has 32 heavy (non-hydrogen) atoms. The van der Waals surface area contributed by atoms with Crippen LogP contribution in [0.3, 0.4) is 0 Å². The maximum Gasteiger partial charge on any atom is 0.216 e. The van der Waals surface area contributed by atoms with E-state index in [-0.39, 0.29) is 0 Å². The van der Waals surface area contributed by atoms with Crippen molar-refractivity contribution in [1.29, 1.82) is 0 Å². The summed E-state index contributed by atoms with van der Waals surface area (Å²) in [5.74, 6) is 0. The molecule has 0 spiro atoms. The van der Waals surface area contributed by atoms with Gasteiger partial charge in [0, 0.05) is 27.0 Å². The zero-order valence-electron chi connectivity index (χ0n) is 21.0. The van der Waals surface area contributed by atoms with Gasteiger partial charge in [0.15, 0.2) is 6.20 Å². The second kappa shape index (κ2) is 7.06. The van der Waals surface area contributed by atoms with Crippen LogP contribution in [0.25, 0.3) is 55.1 Å². The average Bonchev–Trinajstić information content (AvgIpc) is 3.24. The highest BCUT2D eigenvalue weighted by atomic mass is 16.3. The van der Waals surface area contributed by atoms with E-state index in [2.05, 4.69) is 60.0 Å². The number of pyridine rings is 1. The molecule has 2 nitrogen and oxygen atoms in total. The van der Waals surface area contributed by atoms with E-state index in [9.17, 15) is 0 Å². The van der Waals surface area contributed by atoms with Crippen molar-refractivity contribution in [1.82, 2.24) is 0 Å². The number of hydrogen-bond donors (Lipinski definition) is 0. The third-order valence-corrected chi connectivity index (χ3v) is 6.42. The first kappa shape index (κ1) is 15.8. The molecule has 4 aromatic carbocycles. The van der Waals surface area contributed by atoms with Crippen molar-refractivity contribution in [2.45, 2.75) is 13.8 Å². The largest absolute Gasteiger partial charge is 0.455 e. The quantitative estimate of drug-likeness (QED) is 0.266. The Morgan fingerprint density at radius 2 is 1.50 bits per heavy atom. The molecule has 6 aromatic rings. The van der Waals surface area contributed by atoms with Gasteiger partial charge >= 0.3 is 0 Å². The van der Waals surface area contributed by atoms with Gasteiger partial charge < -0.3 is 4.42 Å². The molecule has 0 aliphatic carbocycles. The molecule has 0 bridgehead atoms. The van der Waals surface area contributed by atoms with Gasteiger partial charge in [-0.05, 0) is 47.3 Å². The molecule has 2 heterocycles. The molecule has 154 valence electrons. The maximum atomic E-state index is 7.65. The first-order chi connectivity index (χ1) is 16.8. The summed E-state index contributed by atoms with van der Waals surface area (Å²) in [7, 11) is 2.04. The standard InChI is InChI=1S/C30H24NO/c1-19-12-14-21(15-13-19)22-16-17-31(3)26(18-22)28-20(2)23-8-4-5-9-24(23)29-25-10-6-7-11-27(25)32-30(28)29/h4-18H,1-3H3/q+1/i1D3. The normalized spacial score (nSPS) is 13.4. The highest BCUT2D eigenvalue weighted by Crippen LogP contribution is 2.43. The maximum absolute atomic E-state index is 7.65. The number of aromatic nitrogens is 1. The number of rotatable bonds is 2. The monoisotopic (exact) mass is 417 g/mol. The van der Waals surface area contributed by atoms with Crippen LogP contribution in [0.4, 0.5) is 0 Å². The Hall–Kier alpha value is -3.91. The van der Waals surface area contributed by atoms with Gasteiger partial charge in [-0.3, -0.25) is 0 Å². The lowest BCUT2D eigenvalue weighted by Gasteiger charge is -2.11. The zero-order chi connectivity index (χ0) is 24.3. The van der Waals surface area contributed by atoms with Crippen LogP contribution in [-0.4, -0.2) is 0 Å². The fraction of sp³-hybridized carbons (Fsp3) is 0.100. The van der Waals surface area contributed by atoms with Gasteiger partial charge in [0.05, 0.1) is 5.56 Å². The fourth-order valence-corrected chi connectivity index (χ4v) is 4.79. The Bertz CT molecular complexity index is 1740. The van der Waals surface area contributed by atoms with E-state index in [0.717, 1.165) is 49.9 Å². The molecule has 0 atom stereocenters. The Morgan fingerprint density at radius 1 is 0.781 bits per heavy atom. The Labute approximate surface area is 191 Å². The smallest absolute Gasteiger partial charge is 0.216 e. The summed E-state index contributed by atoms with van der Waals surface area (Å²) in [6, 6.07) is 28.0. The first-order valence-corrected chi connectivity index (χ1v) is 10.8. The zero-order valence-corrected chi connectivity index (χ0v) is 18.0.